The third-order valence-electron chi connectivity index (χ3n) is 1.76. The molecule has 0 aliphatic rings. The lowest BCUT2D eigenvalue weighted by Gasteiger charge is -1.99. The molecule has 5 nitrogen and oxygen atoms in total. The molecule has 0 aliphatic heterocycles. The van der Waals surface area contributed by atoms with Crippen LogP contribution in [-0.2, 0) is 0 Å². The Labute approximate surface area is 81.6 Å². The maximum atomic E-state index is 3.90. The van der Waals surface area contributed by atoms with E-state index in [2.05, 4.69) is 25.8 Å². The minimum atomic E-state index is 0.626. The van der Waals surface area contributed by atoms with E-state index >= 15 is 0 Å². The summed E-state index contributed by atoms with van der Waals surface area (Å²) in [5.41, 5.74) is 0.978. The van der Waals surface area contributed by atoms with Gasteiger partial charge in [-0.1, -0.05) is 18.2 Å². The largest absolute Gasteiger partial charge is 0.358 e. The first-order valence-electron chi connectivity index (χ1n) is 4.31. The lowest BCUT2D eigenvalue weighted by Crippen LogP contribution is -1.92. The van der Waals surface area contributed by atoms with Crippen molar-refractivity contribution in [3.05, 3.63) is 30.3 Å². The lowest BCUT2D eigenvalue weighted by atomic mass is 10.3. The van der Waals surface area contributed by atoms with E-state index < -0.39 is 0 Å². The van der Waals surface area contributed by atoms with E-state index in [1.54, 1.807) is 7.05 Å². The number of benzene rings is 1. The molecule has 1 heterocycles. The molecule has 1 aromatic carbocycles. The third kappa shape index (κ3) is 1.82. The first-order valence-corrected chi connectivity index (χ1v) is 4.31. The molecule has 0 atom stereocenters. The molecular weight excluding hydrogens is 178 g/mol. The number of hydrogen-bond acceptors (Lipinski definition) is 4. The maximum Gasteiger partial charge on any atom is 0.227 e. The second-order valence-electron chi connectivity index (χ2n) is 2.76. The highest BCUT2D eigenvalue weighted by molar-refractivity contribution is 5.53. The third-order valence-corrected chi connectivity index (χ3v) is 1.76. The van der Waals surface area contributed by atoms with Crippen LogP contribution in [0, 0.1) is 0 Å². The van der Waals surface area contributed by atoms with E-state index in [1.165, 1.54) is 0 Å². The average Bonchev–Trinajstić information content (AvgIpc) is 2.67. The highest BCUT2D eigenvalue weighted by atomic mass is 15.3. The van der Waals surface area contributed by atoms with Gasteiger partial charge in [-0.15, -0.1) is 10.2 Å². The van der Waals surface area contributed by atoms with Gasteiger partial charge in [0.15, 0.2) is 0 Å². The van der Waals surface area contributed by atoms with Crippen LogP contribution in [0.5, 0.6) is 0 Å². The van der Waals surface area contributed by atoms with E-state index in [0.717, 1.165) is 5.69 Å². The number of rotatable bonds is 3. The van der Waals surface area contributed by atoms with Crippen LogP contribution in [0.1, 0.15) is 0 Å². The van der Waals surface area contributed by atoms with Gasteiger partial charge in [-0.2, -0.15) is 0 Å². The Bertz CT molecular complexity index is 395. The summed E-state index contributed by atoms with van der Waals surface area (Å²) in [6, 6.07) is 9.79. The Balaban J connectivity index is 2.11. The minimum absolute atomic E-state index is 0.626. The number of anilines is 3. The summed E-state index contributed by atoms with van der Waals surface area (Å²) >= 11 is 0. The number of aromatic nitrogens is 3. The van der Waals surface area contributed by atoms with Crippen molar-refractivity contribution in [1.82, 2.24) is 15.2 Å². The molecule has 0 saturated heterocycles. The van der Waals surface area contributed by atoms with Gasteiger partial charge in [0, 0.05) is 12.7 Å². The molecule has 0 fully saturated rings. The van der Waals surface area contributed by atoms with E-state index in [-0.39, 0.29) is 0 Å². The highest BCUT2D eigenvalue weighted by Gasteiger charge is 1.99. The van der Waals surface area contributed by atoms with E-state index in [0.29, 0.717) is 11.9 Å². The predicted octanol–water partition coefficient (Wildman–Crippen LogP) is 1.59. The molecule has 0 bridgehead atoms. The fourth-order valence-corrected chi connectivity index (χ4v) is 1.09. The van der Waals surface area contributed by atoms with Gasteiger partial charge < -0.3 is 10.6 Å². The molecule has 2 rings (SSSR count). The fraction of sp³-hybridized carbons (Fsp3) is 0.111. The molecule has 5 heteroatoms. The van der Waals surface area contributed by atoms with Crippen LogP contribution in [0.4, 0.5) is 17.6 Å². The fourth-order valence-electron chi connectivity index (χ4n) is 1.09. The number of aromatic amines is 1. The monoisotopic (exact) mass is 189 g/mol. The molecule has 3 N–H and O–H groups in total. The number of para-hydroxylation sites is 1. The zero-order chi connectivity index (χ0) is 9.80. The van der Waals surface area contributed by atoms with Crippen LogP contribution in [0.2, 0.25) is 0 Å². The summed E-state index contributed by atoms with van der Waals surface area (Å²) in [6.07, 6.45) is 0. The SMILES string of the molecule is CNc1nnc(Nc2ccccc2)[nH]1. The summed E-state index contributed by atoms with van der Waals surface area (Å²) in [5.74, 6) is 1.27. The minimum Gasteiger partial charge on any atom is -0.358 e. The van der Waals surface area contributed by atoms with Crippen molar-refractivity contribution in [1.29, 1.82) is 0 Å². The summed E-state index contributed by atoms with van der Waals surface area (Å²) in [6.45, 7) is 0. The van der Waals surface area contributed by atoms with E-state index in [1.807, 2.05) is 30.3 Å². The molecular formula is C9H11N5. The van der Waals surface area contributed by atoms with Gasteiger partial charge in [-0.05, 0) is 12.1 Å². The first kappa shape index (κ1) is 8.55. The molecule has 0 amide bonds. The molecule has 1 aromatic heterocycles. The summed E-state index contributed by atoms with van der Waals surface area (Å²) in [5, 5.41) is 13.7. The Morgan fingerprint density at radius 1 is 1.07 bits per heavy atom. The van der Waals surface area contributed by atoms with E-state index in [4.69, 9.17) is 0 Å². The highest BCUT2D eigenvalue weighted by Crippen LogP contribution is 2.12. The zero-order valence-electron chi connectivity index (χ0n) is 7.78. The number of nitrogens with zero attached hydrogens (tertiary/aromatic N) is 2. The summed E-state index contributed by atoms with van der Waals surface area (Å²) < 4.78 is 0. The van der Waals surface area contributed by atoms with Gasteiger partial charge in [-0.3, -0.25) is 4.98 Å². The second kappa shape index (κ2) is 3.78. The van der Waals surface area contributed by atoms with Gasteiger partial charge in [0.25, 0.3) is 0 Å². The van der Waals surface area contributed by atoms with Gasteiger partial charge in [0.2, 0.25) is 11.9 Å². The molecule has 0 aliphatic carbocycles. The standard InChI is InChI=1S/C9H11N5/c1-10-8-12-9(14-13-8)11-7-5-3-2-4-6-7/h2-6H,1H3,(H3,10,11,12,13,14). The van der Waals surface area contributed by atoms with Crippen molar-refractivity contribution in [3.63, 3.8) is 0 Å². The molecule has 2 aromatic rings. The van der Waals surface area contributed by atoms with Gasteiger partial charge in [0.1, 0.15) is 0 Å². The van der Waals surface area contributed by atoms with Gasteiger partial charge in [0.05, 0.1) is 0 Å². The van der Waals surface area contributed by atoms with Crippen molar-refractivity contribution >= 4 is 17.6 Å². The van der Waals surface area contributed by atoms with Crippen LogP contribution in [0.3, 0.4) is 0 Å². The quantitative estimate of drug-likeness (QED) is 0.686. The molecule has 0 radical (unpaired) electrons. The van der Waals surface area contributed by atoms with Crippen LogP contribution in [-0.4, -0.2) is 22.2 Å². The Kier molecular flexibility index (Phi) is 2.31. The smallest absolute Gasteiger partial charge is 0.227 e. The van der Waals surface area contributed by atoms with Gasteiger partial charge >= 0.3 is 0 Å². The Morgan fingerprint density at radius 3 is 2.43 bits per heavy atom. The predicted molar refractivity (Wildman–Crippen MR) is 55.7 cm³/mol. The van der Waals surface area contributed by atoms with Crippen molar-refractivity contribution in [2.45, 2.75) is 0 Å². The van der Waals surface area contributed by atoms with Crippen molar-refractivity contribution in [3.8, 4) is 0 Å². The van der Waals surface area contributed by atoms with Crippen LogP contribution in [0.15, 0.2) is 30.3 Å². The van der Waals surface area contributed by atoms with Crippen LogP contribution < -0.4 is 10.6 Å². The Morgan fingerprint density at radius 2 is 1.79 bits per heavy atom. The van der Waals surface area contributed by atoms with Crippen LogP contribution in [0.25, 0.3) is 0 Å². The molecule has 14 heavy (non-hydrogen) atoms. The Hall–Kier alpha value is -2.04. The van der Waals surface area contributed by atoms with Crippen molar-refractivity contribution < 1.29 is 0 Å². The van der Waals surface area contributed by atoms with Crippen LogP contribution >= 0.6 is 0 Å². The lowest BCUT2D eigenvalue weighted by molar-refractivity contribution is 1.09. The topological polar surface area (TPSA) is 65.6 Å². The van der Waals surface area contributed by atoms with Crippen molar-refractivity contribution in [2.75, 3.05) is 17.7 Å². The van der Waals surface area contributed by atoms with E-state index in [9.17, 15) is 0 Å². The molecule has 0 unspecified atom stereocenters. The number of H-pyrrole nitrogens is 1. The number of nitrogens with one attached hydrogen (secondary N) is 3. The molecule has 0 spiro atoms. The normalized spacial score (nSPS) is 9.79. The van der Waals surface area contributed by atoms with Crippen molar-refractivity contribution in [2.24, 2.45) is 0 Å². The first-order chi connectivity index (χ1) is 6.88. The molecule has 0 saturated carbocycles. The molecule has 72 valence electrons. The summed E-state index contributed by atoms with van der Waals surface area (Å²) in [4.78, 5) is 2.97. The zero-order valence-corrected chi connectivity index (χ0v) is 7.78. The summed E-state index contributed by atoms with van der Waals surface area (Å²) in [7, 11) is 1.78. The maximum absolute atomic E-state index is 3.90. The average molecular weight is 189 g/mol. The number of hydrogen-bond donors (Lipinski definition) is 3. The van der Waals surface area contributed by atoms with Gasteiger partial charge in [-0.25, -0.2) is 0 Å². The second-order valence-corrected chi connectivity index (χ2v) is 2.76.